The average molecular weight is 321 g/mol. The Kier molecular flexibility index (Phi) is 5.06. The van der Waals surface area contributed by atoms with Crippen LogP contribution in [0, 0.1) is 0 Å². The normalized spacial score (nSPS) is 22.9. The van der Waals surface area contributed by atoms with Crippen LogP contribution < -0.4 is 10.0 Å². The van der Waals surface area contributed by atoms with Gasteiger partial charge in [0.15, 0.2) is 5.03 Å². The molecule has 1 fully saturated rings. The average Bonchev–Trinajstić information content (AvgIpc) is 2.84. The summed E-state index contributed by atoms with van der Waals surface area (Å²) in [6.45, 7) is 2.55. The molecule has 2 aliphatic heterocycles. The van der Waals surface area contributed by atoms with Crippen molar-refractivity contribution in [3.05, 3.63) is 12.0 Å². The molecule has 2 N–H and O–H groups in total. The van der Waals surface area contributed by atoms with E-state index in [1.165, 1.54) is 0 Å². The number of sulfonamides is 1. The zero-order valence-corrected chi connectivity index (χ0v) is 13.0. The quantitative estimate of drug-likeness (QED) is 0.858. The second-order valence-corrected chi connectivity index (χ2v) is 6.97. The number of nitrogens with zero attached hydrogens (tertiary/aromatic N) is 2. The molecule has 0 spiro atoms. The summed E-state index contributed by atoms with van der Waals surface area (Å²) in [5, 5.41) is 3.38. The van der Waals surface area contributed by atoms with Crippen molar-refractivity contribution in [1.29, 1.82) is 0 Å². The van der Waals surface area contributed by atoms with Crippen molar-refractivity contribution in [3.63, 3.8) is 0 Å². The SMILES string of the molecule is Cl.O=S(=O)(N[C@H]1CCCNC1)c1cn2c(n1)CCCC2. The first kappa shape index (κ1) is 15.8. The van der Waals surface area contributed by atoms with Gasteiger partial charge in [0.25, 0.3) is 10.0 Å². The van der Waals surface area contributed by atoms with Crippen molar-refractivity contribution in [3.8, 4) is 0 Å². The van der Waals surface area contributed by atoms with Gasteiger partial charge in [0, 0.05) is 31.7 Å². The van der Waals surface area contributed by atoms with Crippen molar-refractivity contribution in [2.75, 3.05) is 13.1 Å². The van der Waals surface area contributed by atoms with Gasteiger partial charge in [0.05, 0.1) is 0 Å². The summed E-state index contributed by atoms with van der Waals surface area (Å²) >= 11 is 0. The van der Waals surface area contributed by atoms with E-state index in [0.29, 0.717) is 6.54 Å². The number of aromatic nitrogens is 2. The minimum atomic E-state index is -3.48. The zero-order valence-electron chi connectivity index (χ0n) is 11.3. The Morgan fingerprint density at radius 2 is 2.20 bits per heavy atom. The third-order valence-corrected chi connectivity index (χ3v) is 5.17. The first-order chi connectivity index (χ1) is 9.15. The molecule has 2 aliphatic rings. The van der Waals surface area contributed by atoms with E-state index in [0.717, 1.165) is 51.0 Å². The molecule has 0 amide bonds. The summed E-state index contributed by atoms with van der Waals surface area (Å²) in [7, 11) is -3.48. The number of halogens is 1. The van der Waals surface area contributed by atoms with E-state index in [1.807, 2.05) is 4.57 Å². The Bertz CT molecular complexity index is 528. The van der Waals surface area contributed by atoms with Crippen LogP contribution in [0.4, 0.5) is 0 Å². The lowest BCUT2D eigenvalue weighted by atomic mass is 10.1. The molecule has 6 nitrogen and oxygen atoms in total. The Morgan fingerprint density at radius 1 is 1.35 bits per heavy atom. The molecule has 3 heterocycles. The van der Waals surface area contributed by atoms with E-state index < -0.39 is 10.0 Å². The van der Waals surface area contributed by atoms with E-state index in [4.69, 9.17) is 0 Å². The van der Waals surface area contributed by atoms with Crippen molar-refractivity contribution < 1.29 is 8.42 Å². The highest BCUT2D eigenvalue weighted by molar-refractivity contribution is 7.89. The minimum Gasteiger partial charge on any atom is -0.333 e. The fourth-order valence-electron chi connectivity index (χ4n) is 2.75. The molecular weight excluding hydrogens is 300 g/mol. The third-order valence-electron chi connectivity index (χ3n) is 3.78. The Hall–Kier alpha value is -0.630. The molecule has 0 saturated carbocycles. The zero-order chi connectivity index (χ0) is 13.3. The number of hydrogen-bond donors (Lipinski definition) is 2. The fourth-order valence-corrected chi connectivity index (χ4v) is 4.00. The maximum Gasteiger partial charge on any atom is 0.259 e. The van der Waals surface area contributed by atoms with Crippen LogP contribution in [0.15, 0.2) is 11.2 Å². The number of piperidine rings is 1. The predicted octanol–water partition coefficient (Wildman–Crippen LogP) is 0.671. The maximum atomic E-state index is 12.3. The standard InChI is InChI=1S/C12H20N4O2S.ClH/c17-19(18,15-10-4-3-6-13-8-10)12-9-16-7-2-1-5-11(16)14-12;/h9-10,13,15H,1-8H2;1H/t10-;/m0./s1. The van der Waals surface area contributed by atoms with E-state index >= 15 is 0 Å². The summed E-state index contributed by atoms with van der Waals surface area (Å²) in [4.78, 5) is 4.28. The molecule has 0 bridgehead atoms. The first-order valence-electron chi connectivity index (χ1n) is 6.94. The van der Waals surface area contributed by atoms with E-state index in [2.05, 4.69) is 15.0 Å². The summed E-state index contributed by atoms with van der Waals surface area (Å²) in [5.74, 6) is 0.897. The molecule has 1 atom stereocenters. The van der Waals surface area contributed by atoms with Crippen LogP contribution in [0.2, 0.25) is 0 Å². The van der Waals surface area contributed by atoms with Crippen LogP contribution >= 0.6 is 12.4 Å². The van der Waals surface area contributed by atoms with Crippen molar-refractivity contribution >= 4 is 22.4 Å². The van der Waals surface area contributed by atoms with Crippen molar-refractivity contribution in [2.45, 2.75) is 49.7 Å². The van der Waals surface area contributed by atoms with Gasteiger partial charge in [-0.05, 0) is 32.2 Å². The van der Waals surface area contributed by atoms with Crippen LogP contribution in [0.25, 0.3) is 0 Å². The van der Waals surface area contributed by atoms with Crippen LogP contribution in [-0.2, 0) is 23.0 Å². The van der Waals surface area contributed by atoms with E-state index in [-0.39, 0.29) is 23.5 Å². The number of nitrogens with one attached hydrogen (secondary N) is 2. The summed E-state index contributed by atoms with van der Waals surface area (Å²) in [6, 6.07) is -0.0162. The van der Waals surface area contributed by atoms with Gasteiger partial charge in [0.1, 0.15) is 5.82 Å². The molecule has 1 aromatic rings. The number of imidazole rings is 1. The molecule has 0 radical (unpaired) electrons. The molecule has 20 heavy (non-hydrogen) atoms. The van der Waals surface area contributed by atoms with Gasteiger partial charge in [0.2, 0.25) is 0 Å². The van der Waals surface area contributed by atoms with Crippen LogP contribution in [0.5, 0.6) is 0 Å². The van der Waals surface area contributed by atoms with Gasteiger partial charge in [-0.25, -0.2) is 18.1 Å². The highest BCUT2D eigenvalue weighted by Gasteiger charge is 2.25. The topological polar surface area (TPSA) is 76.0 Å². The van der Waals surface area contributed by atoms with Gasteiger partial charge in [-0.1, -0.05) is 0 Å². The number of fused-ring (bicyclic) bond motifs is 1. The van der Waals surface area contributed by atoms with Crippen molar-refractivity contribution in [2.24, 2.45) is 0 Å². The Labute approximate surface area is 125 Å². The highest BCUT2D eigenvalue weighted by Crippen LogP contribution is 2.18. The fraction of sp³-hybridized carbons (Fsp3) is 0.750. The lowest BCUT2D eigenvalue weighted by molar-refractivity contribution is 0.428. The number of hydrogen-bond acceptors (Lipinski definition) is 4. The first-order valence-corrected chi connectivity index (χ1v) is 8.42. The Balaban J connectivity index is 0.00000147. The second-order valence-electron chi connectivity index (χ2n) is 5.31. The van der Waals surface area contributed by atoms with Crippen LogP contribution in [0.3, 0.4) is 0 Å². The van der Waals surface area contributed by atoms with Gasteiger partial charge in [-0.15, -0.1) is 12.4 Å². The summed E-state index contributed by atoms with van der Waals surface area (Å²) < 4.78 is 29.3. The predicted molar refractivity (Wildman–Crippen MR) is 78.6 cm³/mol. The highest BCUT2D eigenvalue weighted by atomic mass is 35.5. The lowest BCUT2D eigenvalue weighted by Gasteiger charge is -2.23. The van der Waals surface area contributed by atoms with Gasteiger partial charge >= 0.3 is 0 Å². The lowest BCUT2D eigenvalue weighted by Crippen LogP contribution is -2.45. The summed E-state index contributed by atoms with van der Waals surface area (Å²) in [6.07, 6.45) is 6.64. The third kappa shape index (κ3) is 3.33. The number of aryl methyl sites for hydroxylation is 2. The smallest absolute Gasteiger partial charge is 0.259 e. The van der Waals surface area contributed by atoms with Gasteiger partial charge < -0.3 is 9.88 Å². The van der Waals surface area contributed by atoms with E-state index in [1.54, 1.807) is 6.20 Å². The van der Waals surface area contributed by atoms with Crippen LogP contribution in [-0.4, -0.2) is 37.1 Å². The molecule has 1 saturated heterocycles. The largest absolute Gasteiger partial charge is 0.333 e. The maximum absolute atomic E-state index is 12.3. The van der Waals surface area contributed by atoms with Gasteiger partial charge in [-0.2, -0.15) is 0 Å². The van der Waals surface area contributed by atoms with Gasteiger partial charge in [-0.3, -0.25) is 0 Å². The molecule has 8 heteroatoms. The molecule has 0 aromatic carbocycles. The van der Waals surface area contributed by atoms with Crippen molar-refractivity contribution in [1.82, 2.24) is 19.6 Å². The minimum absolute atomic E-state index is 0. The summed E-state index contributed by atoms with van der Waals surface area (Å²) in [5.41, 5.74) is 0. The molecule has 3 rings (SSSR count). The molecule has 0 aliphatic carbocycles. The Morgan fingerprint density at radius 3 is 2.90 bits per heavy atom. The molecular formula is C12H21ClN4O2S. The molecule has 1 aromatic heterocycles. The van der Waals surface area contributed by atoms with Crippen LogP contribution in [0.1, 0.15) is 31.5 Å². The van der Waals surface area contributed by atoms with E-state index in [9.17, 15) is 8.42 Å². The number of rotatable bonds is 3. The monoisotopic (exact) mass is 320 g/mol. The molecule has 114 valence electrons. The second kappa shape index (κ2) is 6.43. The molecule has 0 unspecified atom stereocenters.